The predicted octanol–water partition coefficient (Wildman–Crippen LogP) is 2.93. The summed E-state index contributed by atoms with van der Waals surface area (Å²) in [6, 6.07) is 0. The number of rotatable bonds is 3. The smallest absolute Gasteiger partial charge is 0.241 e. The van der Waals surface area contributed by atoms with Crippen LogP contribution in [0.5, 0.6) is 0 Å². The molecule has 0 saturated carbocycles. The first-order valence-corrected chi connectivity index (χ1v) is 6.85. The second-order valence-corrected chi connectivity index (χ2v) is 7.66. The molecule has 2 heteroatoms. The zero-order valence-corrected chi connectivity index (χ0v) is 8.27. The van der Waals surface area contributed by atoms with Gasteiger partial charge in [-0.25, -0.2) is 0 Å². The van der Waals surface area contributed by atoms with Crippen LogP contribution in [0.1, 0.15) is 6.92 Å². The molecular formula is C8H16OSi. The Hall–Kier alpha value is -0.503. The van der Waals surface area contributed by atoms with Gasteiger partial charge in [0.05, 0.1) is 5.76 Å². The summed E-state index contributed by atoms with van der Waals surface area (Å²) in [5.74, 6) is 0.967. The van der Waals surface area contributed by atoms with Crippen molar-refractivity contribution < 1.29 is 4.43 Å². The topological polar surface area (TPSA) is 9.23 Å². The molecule has 10 heavy (non-hydrogen) atoms. The predicted molar refractivity (Wildman–Crippen MR) is 48.4 cm³/mol. The molecule has 0 aliphatic rings. The van der Waals surface area contributed by atoms with Crippen LogP contribution in [0, 0.1) is 0 Å². The van der Waals surface area contributed by atoms with Crippen molar-refractivity contribution in [2.24, 2.45) is 0 Å². The molecule has 0 aliphatic heterocycles. The van der Waals surface area contributed by atoms with Crippen molar-refractivity contribution in [3.63, 3.8) is 0 Å². The molecule has 0 rings (SSSR count). The van der Waals surface area contributed by atoms with Gasteiger partial charge in [0.2, 0.25) is 8.32 Å². The minimum atomic E-state index is -1.37. The van der Waals surface area contributed by atoms with Gasteiger partial charge in [0.1, 0.15) is 0 Å². The van der Waals surface area contributed by atoms with E-state index >= 15 is 0 Å². The van der Waals surface area contributed by atoms with Gasteiger partial charge in [-0.1, -0.05) is 12.7 Å². The molecule has 0 aliphatic carbocycles. The van der Waals surface area contributed by atoms with E-state index in [2.05, 4.69) is 26.2 Å². The summed E-state index contributed by atoms with van der Waals surface area (Å²) >= 11 is 0. The van der Waals surface area contributed by atoms with Crippen molar-refractivity contribution in [2.75, 3.05) is 0 Å². The molecule has 58 valence electrons. The first-order chi connectivity index (χ1) is 4.45. The van der Waals surface area contributed by atoms with Gasteiger partial charge in [0, 0.05) is 0 Å². The molecule has 0 amide bonds. The Balaban J connectivity index is 3.91. The fourth-order valence-corrected chi connectivity index (χ4v) is 1.72. The molecule has 1 nitrogen and oxygen atoms in total. The third kappa shape index (κ3) is 5.63. The average molecular weight is 156 g/mol. The maximum atomic E-state index is 5.61. The van der Waals surface area contributed by atoms with Crippen LogP contribution in [0.4, 0.5) is 0 Å². The van der Waals surface area contributed by atoms with E-state index < -0.39 is 8.32 Å². The Morgan fingerprint density at radius 1 is 1.40 bits per heavy atom. The molecule has 0 spiro atoms. The minimum absolute atomic E-state index is 0.967. The Morgan fingerprint density at radius 3 is 2.20 bits per heavy atom. The van der Waals surface area contributed by atoms with Crippen LogP contribution in [0.15, 0.2) is 24.5 Å². The summed E-state index contributed by atoms with van der Waals surface area (Å²) in [6.07, 6.45) is 3.63. The van der Waals surface area contributed by atoms with Crippen molar-refractivity contribution in [2.45, 2.75) is 26.6 Å². The van der Waals surface area contributed by atoms with Crippen LogP contribution in [-0.4, -0.2) is 8.32 Å². The monoisotopic (exact) mass is 156 g/mol. The van der Waals surface area contributed by atoms with Crippen molar-refractivity contribution in [1.29, 1.82) is 0 Å². The quantitative estimate of drug-likeness (QED) is 0.347. The molecule has 0 atom stereocenters. The van der Waals surface area contributed by atoms with Crippen LogP contribution in [0.25, 0.3) is 0 Å². The zero-order valence-electron chi connectivity index (χ0n) is 7.27. The minimum Gasteiger partial charge on any atom is -0.548 e. The van der Waals surface area contributed by atoms with Crippen molar-refractivity contribution >= 4 is 8.32 Å². The largest absolute Gasteiger partial charge is 0.548 e. The van der Waals surface area contributed by atoms with E-state index in [1.165, 1.54) is 0 Å². The fraction of sp³-hybridized carbons (Fsp3) is 0.500. The van der Waals surface area contributed by atoms with Crippen LogP contribution >= 0.6 is 0 Å². The molecular weight excluding hydrogens is 140 g/mol. The van der Waals surface area contributed by atoms with Crippen LogP contribution in [-0.2, 0) is 4.43 Å². The Labute approximate surface area is 64.5 Å². The van der Waals surface area contributed by atoms with E-state index in [1.807, 2.05) is 13.0 Å². The number of hydrogen-bond donors (Lipinski definition) is 0. The summed E-state index contributed by atoms with van der Waals surface area (Å²) in [5, 5.41) is 0. The van der Waals surface area contributed by atoms with Gasteiger partial charge in [-0.3, -0.25) is 0 Å². The fourth-order valence-electron chi connectivity index (χ4n) is 0.683. The van der Waals surface area contributed by atoms with Crippen LogP contribution in [0.2, 0.25) is 19.6 Å². The Morgan fingerprint density at radius 2 is 1.90 bits per heavy atom. The summed E-state index contributed by atoms with van der Waals surface area (Å²) in [5.41, 5.74) is 0. The third-order valence-electron chi connectivity index (χ3n) is 0.820. The van der Waals surface area contributed by atoms with Crippen LogP contribution in [0.3, 0.4) is 0 Å². The highest BCUT2D eigenvalue weighted by Gasteiger charge is 2.14. The van der Waals surface area contributed by atoms with Gasteiger partial charge in [0.25, 0.3) is 0 Å². The molecule has 0 bridgehead atoms. The Bertz CT molecular complexity index is 142. The van der Waals surface area contributed by atoms with Gasteiger partial charge in [-0.05, 0) is 32.6 Å². The van der Waals surface area contributed by atoms with Gasteiger partial charge in [-0.15, -0.1) is 0 Å². The lowest BCUT2D eigenvalue weighted by Crippen LogP contribution is -2.23. The van der Waals surface area contributed by atoms with E-state index in [4.69, 9.17) is 4.43 Å². The first kappa shape index (κ1) is 9.50. The summed E-state index contributed by atoms with van der Waals surface area (Å²) < 4.78 is 5.61. The first-order valence-electron chi connectivity index (χ1n) is 3.44. The molecule has 0 heterocycles. The van der Waals surface area contributed by atoms with Gasteiger partial charge in [0.15, 0.2) is 0 Å². The van der Waals surface area contributed by atoms with Crippen molar-refractivity contribution in [3.8, 4) is 0 Å². The van der Waals surface area contributed by atoms with Crippen molar-refractivity contribution in [3.05, 3.63) is 24.5 Å². The maximum absolute atomic E-state index is 5.61. The zero-order chi connectivity index (χ0) is 8.20. The molecule has 0 fully saturated rings. The lowest BCUT2D eigenvalue weighted by atomic mass is 10.5. The number of allylic oxidation sites excluding steroid dienone is 3. The maximum Gasteiger partial charge on any atom is 0.241 e. The van der Waals surface area contributed by atoms with Gasteiger partial charge in [-0.2, -0.15) is 0 Å². The lowest BCUT2D eigenvalue weighted by Gasteiger charge is -2.18. The van der Waals surface area contributed by atoms with Crippen molar-refractivity contribution in [1.82, 2.24) is 0 Å². The van der Waals surface area contributed by atoms with Crippen LogP contribution < -0.4 is 0 Å². The Kier molecular flexibility index (Phi) is 3.43. The van der Waals surface area contributed by atoms with Gasteiger partial charge >= 0.3 is 0 Å². The van der Waals surface area contributed by atoms with E-state index in [9.17, 15) is 0 Å². The molecule has 0 N–H and O–H groups in total. The molecule has 0 saturated heterocycles. The average Bonchev–Trinajstić information content (AvgIpc) is 1.59. The highest BCUT2D eigenvalue weighted by Crippen LogP contribution is 2.08. The summed E-state index contributed by atoms with van der Waals surface area (Å²) in [6.45, 7) is 12.0. The normalized spacial score (nSPS) is 13.0. The molecule has 0 radical (unpaired) electrons. The van der Waals surface area contributed by atoms with Gasteiger partial charge < -0.3 is 4.43 Å². The molecule has 0 aromatic heterocycles. The molecule has 0 unspecified atom stereocenters. The standard InChI is InChI=1S/C8H16OSi/c1-6-7-8(2)9-10(3,4)5/h6-7H,1H2,2-5H3/b8-7-. The highest BCUT2D eigenvalue weighted by molar-refractivity contribution is 6.70. The highest BCUT2D eigenvalue weighted by atomic mass is 28.4. The summed E-state index contributed by atoms with van der Waals surface area (Å²) in [7, 11) is -1.37. The van der Waals surface area contributed by atoms with E-state index in [-0.39, 0.29) is 0 Å². The second-order valence-electron chi connectivity index (χ2n) is 3.23. The lowest BCUT2D eigenvalue weighted by molar-refractivity contribution is 0.424. The molecule has 0 aromatic carbocycles. The second kappa shape index (κ2) is 3.61. The van der Waals surface area contributed by atoms with E-state index in [0.29, 0.717) is 0 Å². The van der Waals surface area contributed by atoms with E-state index in [1.54, 1.807) is 6.08 Å². The molecule has 0 aromatic rings. The third-order valence-corrected chi connectivity index (χ3v) is 1.75. The SMILES string of the molecule is C=C/C=C(/C)O[Si](C)(C)C. The van der Waals surface area contributed by atoms with E-state index in [0.717, 1.165) is 5.76 Å². The summed E-state index contributed by atoms with van der Waals surface area (Å²) in [4.78, 5) is 0. The number of hydrogen-bond acceptors (Lipinski definition) is 1.